The maximum absolute atomic E-state index is 13.3. The van der Waals surface area contributed by atoms with Crippen molar-refractivity contribution < 1.29 is 24.2 Å². The van der Waals surface area contributed by atoms with Crippen LogP contribution in [0.2, 0.25) is 0 Å². The van der Waals surface area contributed by atoms with Gasteiger partial charge in [-0.2, -0.15) is 11.8 Å². The number of rotatable bonds is 14. The molecular formula is C34H41NO5S. The second-order valence-electron chi connectivity index (χ2n) is 10.8. The van der Waals surface area contributed by atoms with E-state index in [1.807, 2.05) is 73.8 Å². The molecule has 218 valence electrons. The molecule has 7 heteroatoms. The van der Waals surface area contributed by atoms with Crippen LogP contribution in [0, 0.1) is 12.8 Å². The molecule has 0 bridgehead atoms. The van der Waals surface area contributed by atoms with E-state index < -0.39 is 17.9 Å². The number of carbonyl (C=O) groups excluding carboxylic acids is 1. The number of amides is 1. The van der Waals surface area contributed by atoms with E-state index >= 15 is 0 Å². The summed E-state index contributed by atoms with van der Waals surface area (Å²) in [5, 5.41) is 12.3. The van der Waals surface area contributed by atoms with E-state index in [2.05, 4.69) is 5.32 Å². The molecule has 1 aliphatic rings. The third kappa shape index (κ3) is 9.10. The van der Waals surface area contributed by atoms with Gasteiger partial charge in [0.2, 0.25) is 0 Å². The van der Waals surface area contributed by atoms with Gasteiger partial charge in [0.25, 0.3) is 5.91 Å². The van der Waals surface area contributed by atoms with Gasteiger partial charge in [0.05, 0.1) is 19.8 Å². The Balaban J connectivity index is 1.44. The molecule has 0 heterocycles. The van der Waals surface area contributed by atoms with Crippen LogP contribution in [0.25, 0.3) is 11.1 Å². The summed E-state index contributed by atoms with van der Waals surface area (Å²) in [4.78, 5) is 25.1. The SMILES string of the molecule is CSCCC(NC(=O)c1ccc(COCc2cccc(OCC3CCCCC3)c2)cc1-c1ccccc1C)C(=O)O. The van der Waals surface area contributed by atoms with Crippen molar-refractivity contribution in [1.29, 1.82) is 0 Å². The minimum atomic E-state index is -1.03. The van der Waals surface area contributed by atoms with Crippen molar-refractivity contribution in [3.63, 3.8) is 0 Å². The van der Waals surface area contributed by atoms with E-state index in [-0.39, 0.29) is 0 Å². The summed E-state index contributed by atoms with van der Waals surface area (Å²) in [7, 11) is 0. The summed E-state index contributed by atoms with van der Waals surface area (Å²) in [5.41, 5.74) is 5.14. The summed E-state index contributed by atoms with van der Waals surface area (Å²) in [5.74, 6) is 0.758. The van der Waals surface area contributed by atoms with Crippen LogP contribution in [0.15, 0.2) is 66.7 Å². The number of hydrogen-bond donors (Lipinski definition) is 2. The molecule has 3 aromatic rings. The van der Waals surface area contributed by atoms with Crippen LogP contribution in [0.4, 0.5) is 0 Å². The summed E-state index contributed by atoms with van der Waals surface area (Å²) in [6.07, 6.45) is 8.74. The Morgan fingerprint density at radius 1 is 0.951 bits per heavy atom. The second-order valence-corrected chi connectivity index (χ2v) is 11.8. The van der Waals surface area contributed by atoms with E-state index in [1.54, 1.807) is 17.8 Å². The fourth-order valence-electron chi connectivity index (χ4n) is 5.29. The Labute approximate surface area is 247 Å². The zero-order chi connectivity index (χ0) is 29.0. The Kier molecular flexibility index (Phi) is 11.7. The van der Waals surface area contributed by atoms with Gasteiger partial charge in [-0.1, -0.05) is 61.7 Å². The third-order valence-corrected chi connectivity index (χ3v) is 8.27. The number of carbonyl (C=O) groups is 2. The van der Waals surface area contributed by atoms with E-state index in [0.29, 0.717) is 36.9 Å². The number of thioether (sulfide) groups is 1. The van der Waals surface area contributed by atoms with Crippen molar-refractivity contribution in [2.75, 3.05) is 18.6 Å². The van der Waals surface area contributed by atoms with Crippen LogP contribution >= 0.6 is 11.8 Å². The second kappa shape index (κ2) is 15.6. The first-order valence-electron chi connectivity index (χ1n) is 14.5. The molecule has 1 fully saturated rings. The highest BCUT2D eigenvalue weighted by atomic mass is 32.2. The average molecular weight is 576 g/mol. The lowest BCUT2D eigenvalue weighted by molar-refractivity contribution is -0.139. The molecule has 0 spiro atoms. The number of carboxylic acids is 1. The molecule has 3 aromatic carbocycles. The lowest BCUT2D eigenvalue weighted by atomic mass is 9.90. The molecule has 6 nitrogen and oxygen atoms in total. The molecule has 1 unspecified atom stereocenters. The monoisotopic (exact) mass is 575 g/mol. The molecular weight excluding hydrogens is 534 g/mol. The van der Waals surface area contributed by atoms with E-state index in [0.717, 1.165) is 40.2 Å². The molecule has 1 aliphatic carbocycles. The van der Waals surface area contributed by atoms with Gasteiger partial charge < -0.3 is 19.9 Å². The molecule has 2 N–H and O–H groups in total. The van der Waals surface area contributed by atoms with Gasteiger partial charge in [0.15, 0.2) is 0 Å². The lowest BCUT2D eigenvalue weighted by Gasteiger charge is -2.21. The number of benzene rings is 3. The number of ether oxygens (including phenoxy) is 2. The van der Waals surface area contributed by atoms with Gasteiger partial charge in [0, 0.05) is 5.56 Å². The van der Waals surface area contributed by atoms with Gasteiger partial charge in [-0.25, -0.2) is 4.79 Å². The van der Waals surface area contributed by atoms with Crippen LogP contribution in [0.1, 0.15) is 65.6 Å². The fourth-order valence-corrected chi connectivity index (χ4v) is 5.76. The van der Waals surface area contributed by atoms with Crippen molar-refractivity contribution in [1.82, 2.24) is 5.32 Å². The molecule has 0 saturated heterocycles. The maximum Gasteiger partial charge on any atom is 0.326 e. The van der Waals surface area contributed by atoms with Crippen molar-refractivity contribution in [2.24, 2.45) is 5.92 Å². The van der Waals surface area contributed by atoms with E-state index in [1.165, 1.54) is 32.1 Å². The van der Waals surface area contributed by atoms with Gasteiger partial charge in [0.1, 0.15) is 11.8 Å². The number of aryl methyl sites for hydroxylation is 1. The molecule has 0 aliphatic heterocycles. The minimum absolute atomic E-state index is 0.362. The standard InChI is InChI=1S/C34H41NO5S/c1-24-9-6-7-14-29(24)31-20-27(15-16-30(31)33(36)35-32(34(37)38)17-18-41-2)22-39-21-26-12-8-13-28(19-26)40-23-25-10-4-3-5-11-25/h6-9,12-16,19-20,25,32H,3-5,10-11,17-18,21-23H2,1-2H3,(H,35,36)(H,37,38). The fraction of sp³-hybridized carbons (Fsp3) is 0.412. The van der Waals surface area contributed by atoms with Crippen LogP contribution < -0.4 is 10.1 Å². The van der Waals surface area contributed by atoms with Gasteiger partial charge in [-0.3, -0.25) is 4.79 Å². The summed E-state index contributed by atoms with van der Waals surface area (Å²) in [6.45, 7) is 3.59. The Morgan fingerprint density at radius 2 is 1.71 bits per heavy atom. The molecule has 1 amide bonds. The van der Waals surface area contributed by atoms with Crippen LogP contribution in [0.3, 0.4) is 0 Å². The Bertz CT molecular complexity index is 1300. The number of carboxylic acid groups (broad SMARTS) is 1. The molecule has 4 rings (SSSR count). The highest BCUT2D eigenvalue weighted by molar-refractivity contribution is 7.98. The Hall–Kier alpha value is -3.29. The van der Waals surface area contributed by atoms with Gasteiger partial charge >= 0.3 is 5.97 Å². The molecule has 41 heavy (non-hydrogen) atoms. The van der Waals surface area contributed by atoms with Crippen LogP contribution in [0.5, 0.6) is 5.75 Å². The minimum Gasteiger partial charge on any atom is -0.493 e. The quantitative estimate of drug-likeness (QED) is 0.210. The normalized spacial score (nSPS) is 14.4. The van der Waals surface area contributed by atoms with Gasteiger partial charge in [-0.05, 0) is 96.2 Å². The van der Waals surface area contributed by atoms with E-state index in [4.69, 9.17) is 9.47 Å². The topological polar surface area (TPSA) is 84.9 Å². The van der Waals surface area contributed by atoms with Gasteiger partial charge in [-0.15, -0.1) is 0 Å². The first kappa shape index (κ1) is 30.7. The molecule has 1 atom stereocenters. The summed E-state index contributed by atoms with van der Waals surface area (Å²) >= 11 is 1.55. The third-order valence-electron chi connectivity index (χ3n) is 7.62. The molecule has 0 aromatic heterocycles. The number of nitrogens with one attached hydrogen (secondary N) is 1. The predicted octanol–water partition coefficient (Wildman–Crippen LogP) is 7.27. The maximum atomic E-state index is 13.3. The predicted molar refractivity (Wildman–Crippen MR) is 166 cm³/mol. The van der Waals surface area contributed by atoms with Crippen molar-refractivity contribution in [2.45, 2.75) is 64.7 Å². The largest absolute Gasteiger partial charge is 0.493 e. The zero-order valence-electron chi connectivity index (χ0n) is 24.1. The summed E-state index contributed by atoms with van der Waals surface area (Å²) in [6, 6.07) is 20.6. The molecule has 0 radical (unpaired) electrons. The lowest BCUT2D eigenvalue weighted by Crippen LogP contribution is -2.41. The van der Waals surface area contributed by atoms with Crippen molar-refractivity contribution in [3.05, 3.63) is 89.0 Å². The first-order chi connectivity index (χ1) is 19.9. The zero-order valence-corrected chi connectivity index (χ0v) is 24.9. The Morgan fingerprint density at radius 3 is 2.44 bits per heavy atom. The van der Waals surface area contributed by atoms with Crippen molar-refractivity contribution >= 4 is 23.6 Å². The highest BCUT2D eigenvalue weighted by Gasteiger charge is 2.23. The van der Waals surface area contributed by atoms with Crippen LogP contribution in [-0.2, 0) is 22.7 Å². The first-order valence-corrected chi connectivity index (χ1v) is 15.8. The number of aliphatic carboxylic acids is 1. The van der Waals surface area contributed by atoms with Crippen molar-refractivity contribution in [3.8, 4) is 16.9 Å². The number of hydrogen-bond acceptors (Lipinski definition) is 5. The highest BCUT2D eigenvalue weighted by Crippen LogP contribution is 2.29. The summed E-state index contributed by atoms with van der Waals surface area (Å²) < 4.78 is 12.2. The smallest absolute Gasteiger partial charge is 0.326 e. The molecule has 1 saturated carbocycles. The average Bonchev–Trinajstić information content (AvgIpc) is 2.99. The van der Waals surface area contributed by atoms with E-state index in [9.17, 15) is 14.7 Å². The van der Waals surface area contributed by atoms with Crippen LogP contribution in [-0.4, -0.2) is 41.6 Å².